The maximum absolute atomic E-state index is 13.1. The Bertz CT molecular complexity index is 743. The van der Waals surface area contributed by atoms with Crippen molar-refractivity contribution < 1.29 is 13.2 Å². The van der Waals surface area contributed by atoms with Gasteiger partial charge in [0.15, 0.2) is 6.04 Å². The fraction of sp³-hybridized carbons (Fsp3) is 0.286. The van der Waals surface area contributed by atoms with Crippen LogP contribution in [-0.2, 0) is 0 Å². The molecule has 22 heavy (non-hydrogen) atoms. The molecule has 1 aliphatic rings. The summed E-state index contributed by atoms with van der Waals surface area (Å²) in [5.41, 5.74) is 0.995. The minimum absolute atomic E-state index is 0.108. The van der Waals surface area contributed by atoms with E-state index in [0.29, 0.717) is 5.56 Å². The van der Waals surface area contributed by atoms with Gasteiger partial charge in [0.2, 0.25) is 0 Å². The average molecular weight is 371 g/mol. The van der Waals surface area contributed by atoms with Gasteiger partial charge in [-0.25, -0.2) is 4.68 Å². The third-order valence-corrected chi connectivity index (χ3v) is 4.05. The van der Waals surface area contributed by atoms with Gasteiger partial charge in [-0.3, -0.25) is 0 Å². The van der Waals surface area contributed by atoms with Crippen LogP contribution in [0.25, 0.3) is 11.3 Å². The van der Waals surface area contributed by atoms with Crippen molar-refractivity contribution in [3.63, 3.8) is 0 Å². The Balaban J connectivity index is 2.16. The predicted molar refractivity (Wildman–Crippen MR) is 78.3 cm³/mol. The molecule has 1 aliphatic heterocycles. The van der Waals surface area contributed by atoms with Gasteiger partial charge in [0.1, 0.15) is 23.1 Å². The summed E-state index contributed by atoms with van der Waals surface area (Å²) in [6.07, 6.45) is -4.50. The third-order valence-electron chi connectivity index (χ3n) is 3.52. The van der Waals surface area contributed by atoms with Gasteiger partial charge in [-0.05, 0) is 18.6 Å². The van der Waals surface area contributed by atoms with Crippen LogP contribution in [0, 0.1) is 11.3 Å². The number of rotatable bonds is 1. The van der Waals surface area contributed by atoms with Crippen molar-refractivity contribution in [1.29, 1.82) is 5.26 Å². The van der Waals surface area contributed by atoms with Crippen LogP contribution < -0.4 is 5.32 Å². The largest absolute Gasteiger partial charge is 0.410 e. The molecule has 2 aromatic rings. The molecule has 1 unspecified atom stereocenters. The SMILES string of the molecule is N#Cc1c(-c2ccc(Br)cc2)nn2c1NCCC2C(F)(F)F. The Hall–Kier alpha value is -2.01. The van der Waals surface area contributed by atoms with Crippen molar-refractivity contribution in [3.8, 4) is 17.3 Å². The Labute approximate surface area is 132 Å². The first kappa shape index (κ1) is 14.9. The molecule has 8 heteroatoms. The van der Waals surface area contributed by atoms with Gasteiger partial charge in [0, 0.05) is 16.6 Å². The molecule has 0 aliphatic carbocycles. The Morgan fingerprint density at radius 3 is 2.59 bits per heavy atom. The Morgan fingerprint density at radius 1 is 1.32 bits per heavy atom. The van der Waals surface area contributed by atoms with Gasteiger partial charge >= 0.3 is 6.18 Å². The zero-order valence-electron chi connectivity index (χ0n) is 11.2. The maximum Gasteiger partial charge on any atom is 0.410 e. The molecule has 0 saturated heterocycles. The van der Waals surface area contributed by atoms with Gasteiger partial charge in [-0.2, -0.15) is 23.5 Å². The smallest absolute Gasteiger partial charge is 0.369 e. The average Bonchev–Trinajstić information content (AvgIpc) is 2.85. The van der Waals surface area contributed by atoms with Crippen LogP contribution in [0.3, 0.4) is 0 Å². The molecule has 1 N–H and O–H groups in total. The van der Waals surface area contributed by atoms with Crippen molar-refractivity contribution in [2.24, 2.45) is 0 Å². The summed E-state index contributed by atoms with van der Waals surface area (Å²) in [5, 5.41) is 16.3. The van der Waals surface area contributed by atoms with Crippen molar-refractivity contribution in [2.75, 3.05) is 11.9 Å². The van der Waals surface area contributed by atoms with E-state index in [1.54, 1.807) is 24.3 Å². The van der Waals surface area contributed by atoms with Crippen molar-refractivity contribution in [3.05, 3.63) is 34.3 Å². The molecule has 1 aromatic heterocycles. The fourth-order valence-electron chi connectivity index (χ4n) is 2.50. The normalized spacial score (nSPS) is 17.5. The molecule has 114 valence electrons. The Morgan fingerprint density at radius 2 is 2.00 bits per heavy atom. The summed E-state index contributed by atoms with van der Waals surface area (Å²) >= 11 is 3.29. The van der Waals surface area contributed by atoms with E-state index in [9.17, 15) is 18.4 Å². The molecule has 4 nitrogen and oxygen atoms in total. The third kappa shape index (κ3) is 2.46. The van der Waals surface area contributed by atoms with E-state index in [-0.39, 0.29) is 30.0 Å². The molecule has 0 saturated carbocycles. The minimum Gasteiger partial charge on any atom is -0.369 e. The number of nitrogens with one attached hydrogen (secondary N) is 1. The van der Waals surface area contributed by atoms with Gasteiger partial charge in [-0.1, -0.05) is 28.1 Å². The van der Waals surface area contributed by atoms with Crippen LogP contribution in [0.1, 0.15) is 18.0 Å². The summed E-state index contributed by atoms with van der Waals surface area (Å²) in [7, 11) is 0. The van der Waals surface area contributed by atoms with Crippen LogP contribution >= 0.6 is 15.9 Å². The summed E-state index contributed by atoms with van der Waals surface area (Å²) in [6, 6.07) is 7.18. The molecule has 0 fully saturated rings. The number of nitriles is 1. The predicted octanol–water partition coefficient (Wildman–Crippen LogP) is 4.10. The maximum atomic E-state index is 13.1. The molecule has 1 aromatic carbocycles. The summed E-state index contributed by atoms with van der Waals surface area (Å²) < 4.78 is 41.2. The highest BCUT2D eigenvalue weighted by atomic mass is 79.9. The number of nitrogens with zero attached hydrogens (tertiary/aromatic N) is 3. The number of benzene rings is 1. The van der Waals surface area contributed by atoms with E-state index in [1.165, 1.54) is 0 Å². The van der Waals surface area contributed by atoms with Crippen molar-refractivity contribution in [1.82, 2.24) is 9.78 Å². The zero-order valence-corrected chi connectivity index (χ0v) is 12.7. The highest BCUT2D eigenvalue weighted by Gasteiger charge is 2.45. The van der Waals surface area contributed by atoms with Crippen molar-refractivity contribution >= 4 is 21.7 Å². The first-order chi connectivity index (χ1) is 10.4. The van der Waals surface area contributed by atoms with Gasteiger partial charge in [0.25, 0.3) is 0 Å². The first-order valence-electron chi connectivity index (χ1n) is 6.51. The van der Waals surface area contributed by atoms with E-state index < -0.39 is 12.2 Å². The van der Waals surface area contributed by atoms with Crippen LogP contribution in [0.2, 0.25) is 0 Å². The lowest BCUT2D eigenvalue weighted by molar-refractivity contribution is -0.171. The lowest BCUT2D eigenvalue weighted by Gasteiger charge is -2.27. The van der Waals surface area contributed by atoms with Crippen LogP contribution in [0.5, 0.6) is 0 Å². The number of aromatic nitrogens is 2. The molecule has 3 rings (SSSR count). The molecule has 2 heterocycles. The van der Waals surface area contributed by atoms with E-state index in [1.807, 2.05) is 6.07 Å². The van der Waals surface area contributed by atoms with E-state index >= 15 is 0 Å². The fourth-order valence-corrected chi connectivity index (χ4v) is 2.76. The van der Waals surface area contributed by atoms with Crippen LogP contribution in [0.15, 0.2) is 28.7 Å². The summed E-state index contributed by atoms with van der Waals surface area (Å²) in [6.45, 7) is 0.157. The number of alkyl halides is 3. The molecule has 0 spiro atoms. The summed E-state index contributed by atoms with van der Waals surface area (Å²) in [5.74, 6) is 0.133. The van der Waals surface area contributed by atoms with Crippen LogP contribution in [-0.4, -0.2) is 22.5 Å². The number of hydrogen-bond donors (Lipinski definition) is 1. The molecule has 1 atom stereocenters. The topological polar surface area (TPSA) is 53.6 Å². The number of fused-ring (bicyclic) bond motifs is 1. The quantitative estimate of drug-likeness (QED) is 0.821. The van der Waals surface area contributed by atoms with Gasteiger partial charge in [-0.15, -0.1) is 0 Å². The van der Waals surface area contributed by atoms with Gasteiger partial charge < -0.3 is 5.32 Å². The van der Waals surface area contributed by atoms with Gasteiger partial charge in [0.05, 0.1) is 0 Å². The second-order valence-electron chi connectivity index (χ2n) is 4.91. The lowest BCUT2D eigenvalue weighted by Crippen LogP contribution is -2.34. The van der Waals surface area contributed by atoms with E-state index in [0.717, 1.165) is 9.15 Å². The number of anilines is 1. The first-order valence-corrected chi connectivity index (χ1v) is 7.30. The number of halogens is 4. The molecular formula is C14H10BrF3N4. The second-order valence-corrected chi connectivity index (χ2v) is 5.82. The summed E-state index contributed by atoms with van der Waals surface area (Å²) in [4.78, 5) is 0. The Kier molecular flexibility index (Phi) is 3.60. The number of hydrogen-bond acceptors (Lipinski definition) is 3. The molecule has 0 amide bonds. The van der Waals surface area contributed by atoms with E-state index in [2.05, 4.69) is 26.3 Å². The lowest BCUT2D eigenvalue weighted by atomic mass is 10.1. The highest BCUT2D eigenvalue weighted by Crippen LogP contribution is 2.40. The zero-order chi connectivity index (χ0) is 15.9. The second kappa shape index (κ2) is 5.32. The minimum atomic E-state index is -4.40. The van der Waals surface area contributed by atoms with Crippen molar-refractivity contribution in [2.45, 2.75) is 18.6 Å². The molecule has 0 radical (unpaired) electrons. The molecule has 0 bridgehead atoms. The van der Waals surface area contributed by atoms with E-state index in [4.69, 9.17) is 0 Å². The highest BCUT2D eigenvalue weighted by molar-refractivity contribution is 9.10. The molecular weight excluding hydrogens is 361 g/mol. The standard InChI is InChI=1S/C14H10BrF3N4/c15-9-3-1-8(2-4-9)12-10(7-19)13-20-6-5-11(14(16,17)18)22(13)21-12/h1-4,11,20H,5-6H2. The van der Waals surface area contributed by atoms with Crippen LogP contribution in [0.4, 0.5) is 19.0 Å². The monoisotopic (exact) mass is 370 g/mol.